The lowest BCUT2D eigenvalue weighted by Gasteiger charge is -2.26. The van der Waals surface area contributed by atoms with Crippen LogP contribution < -0.4 is 5.32 Å². The number of benzene rings is 1. The first kappa shape index (κ1) is 21.2. The Labute approximate surface area is 178 Å². The topological polar surface area (TPSA) is 52.9 Å². The molecule has 7 heteroatoms. The molecule has 1 aromatic carbocycles. The Morgan fingerprint density at radius 3 is 2.48 bits per heavy atom. The van der Waals surface area contributed by atoms with E-state index in [1.165, 1.54) is 6.42 Å². The van der Waals surface area contributed by atoms with Crippen LogP contribution in [0.15, 0.2) is 41.5 Å². The van der Waals surface area contributed by atoms with E-state index < -0.39 is 0 Å². The zero-order chi connectivity index (χ0) is 20.8. The van der Waals surface area contributed by atoms with Crippen molar-refractivity contribution in [1.29, 1.82) is 0 Å². The lowest BCUT2D eigenvalue weighted by atomic mass is 10.1. The van der Waals surface area contributed by atoms with Crippen molar-refractivity contribution in [3.8, 4) is 0 Å². The van der Waals surface area contributed by atoms with Crippen LogP contribution in [0.5, 0.6) is 0 Å². The second kappa shape index (κ2) is 9.83. The van der Waals surface area contributed by atoms with Gasteiger partial charge in [-0.3, -0.25) is 9.79 Å². The summed E-state index contributed by atoms with van der Waals surface area (Å²) in [4.78, 5) is 21.0. The number of carbonyl (C=O) groups excluding carboxylic acids is 1. The molecule has 29 heavy (non-hydrogen) atoms. The van der Waals surface area contributed by atoms with Crippen LogP contribution in [-0.4, -0.2) is 53.4 Å². The van der Waals surface area contributed by atoms with E-state index in [4.69, 9.17) is 11.6 Å². The number of hydrogen-bond acceptors (Lipinski definition) is 2. The Hall–Kier alpha value is -2.47. The van der Waals surface area contributed by atoms with E-state index >= 15 is 0 Å². The van der Waals surface area contributed by atoms with Crippen molar-refractivity contribution in [2.45, 2.75) is 32.4 Å². The van der Waals surface area contributed by atoms with Crippen LogP contribution in [0.1, 0.15) is 40.9 Å². The van der Waals surface area contributed by atoms with Crippen molar-refractivity contribution in [3.63, 3.8) is 0 Å². The molecule has 1 aromatic heterocycles. The number of aromatic nitrogens is 1. The van der Waals surface area contributed by atoms with Gasteiger partial charge in [0.2, 0.25) is 0 Å². The fourth-order valence-corrected chi connectivity index (χ4v) is 3.92. The van der Waals surface area contributed by atoms with Crippen LogP contribution in [0.3, 0.4) is 0 Å². The molecule has 0 saturated carbocycles. The molecule has 0 radical (unpaired) electrons. The van der Waals surface area contributed by atoms with Crippen LogP contribution >= 0.6 is 11.6 Å². The molecule has 0 aliphatic carbocycles. The first-order chi connectivity index (χ1) is 14.0. The fraction of sp³-hybridized carbons (Fsp3) is 0.455. The van der Waals surface area contributed by atoms with E-state index in [-0.39, 0.29) is 5.91 Å². The van der Waals surface area contributed by atoms with Gasteiger partial charge in [-0.15, -0.1) is 0 Å². The van der Waals surface area contributed by atoms with Crippen LogP contribution in [0, 0.1) is 0 Å². The quantitative estimate of drug-likeness (QED) is 0.600. The van der Waals surface area contributed by atoms with Crippen molar-refractivity contribution in [3.05, 3.63) is 58.4 Å². The Morgan fingerprint density at radius 1 is 1.21 bits per heavy atom. The third-order valence-electron chi connectivity index (χ3n) is 5.34. The van der Waals surface area contributed by atoms with E-state index in [0.717, 1.165) is 53.7 Å². The molecule has 2 heterocycles. The second-order valence-electron chi connectivity index (χ2n) is 7.57. The van der Waals surface area contributed by atoms with Crippen LogP contribution in [0.2, 0.25) is 5.02 Å². The summed E-state index contributed by atoms with van der Waals surface area (Å²) in [6.07, 6.45) is 5.33. The van der Waals surface area contributed by atoms with E-state index in [1.807, 2.05) is 60.1 Å². The molecule has 0 atom stereocenters. The number of likely N-dealkylation sites (tertiary alicyclic amines) is 1. The van der Waals surface area contributed by atoms with Gasteiger partial charge in [0.1, 0.15) is 0 Å². The maximum absolute atomic E-state index is 12.6. The van der Waals surface area contributed by atoms with Gasteiger partial charge in [0.15, 0.2) is 5.96 Å². The van der Waals surface area contributed by atoms with Gasteiger partial charge in [-0.05, 0) is 43.0 Å². The second-order valence-corrected chi connectivity index (χ2v) is 8.00. The molecular formula is C22H30ClN5O. The summed E-state index contributed by atoms with van der Waals surface area (Å²) in [6, 6.07) is 9.82. The van der Waals surface area contributed by atoms with Gasteiger partial charge in [-0.2, -0.15) is 0 Å². The van der Waals surface area contributed by atoms with E-state index in [0.29, 0.717) is 13.1 Å². The molecule has 1 N–H and O–H groups in total. The summed E-state index contributed by atoms with van der Waals surface area (Å²) in [5, 5.41) is 4.12. The van der Waals surface area contributed by atoms with Gasteiger partial charge in [0.05, 0.1) is 11.6 Å². The monoisotopic (exact) mass is 415 g/mol. The zero-order valence-electron chi connectivity index (χ0n) is 17.5. The standard InChI is InChI=1S/C22H30ClN5O/c1-24-22(27(3)16-20-13-19(23)15-26(20)2)25-14-17-7-9-18(10-8-17)21(29)28-11-5-4-6-12-28/h7-10,13,15H,4-6,11-12,14,16H2,1-3H3,(H,24,25). The average Bonchev–Trinajstić information content (AvgIpc) is 3.05. The van der Waals surface area contributed by atoms with Crippen molar-refractivity contribution in [1.82, 2.24) is 19.7 Å². The number of piperidine rings is 1. The van der Waals surface area contributed by atoms with E-state index in [2.05, 4.69) is 15.2 Å². The molecule has 6 nitrogen and oxygen atoms in total. The molecule has 0 unspecified atom stereocenters. The highest BCUT2D eigenvalue weighted by molar-refractivity contribution is 6.30. The summed E-state index contributed by atoms with van der Waals surface area (Å²) < 4.78 is 2.02. The van der Waals surface area contributed by atoms with Gasteiger partial charge >= 0.3 is 0 Å². The third-order valence-corrected chi connectivity index (χ3v) is 5.55. The van der Waals surface area contributed by atoms with Crippen molar-refractivity contribution < 1.29 is 4.79 Å². The normalized spacial score (nSPS) is 14.8. The van der Waals surface area contributed by atoms with Gasteiger partial charge in [0.25, 0.3) is 5.91 Å². The lowest BCUT2D eigenvalue weighted by molar-refractivity contribution is 0.0724. The first-order valence-corrected chi connectivity index (χ1v) is 10.5. The number of halogens is 1. The zero-order valence-corrected chi connectivity index (χ0v) is 18.2. The summed E-state index contributed by atoms with van der Waals surface area (Å²) >= 11 is 6.08. The predicted octanol–water partition coefficient (Wildman–Crippen LogP) is 3.51. The molecule has 1 saturated heterocycles. The number of hydrogen-bond donors (Lipinski definition) is 1. The van der Waals surface area contributed by atoms with Crippen LogP contribution in [0.4, 0.5) is 0 Å². The third kappa shape index (κ3) is 5.54. The van der Waals surface area contributed by atoms with Crippen molar-refractivity contribution in [2.75, 3.05) is 27.2 Å². The molecule has 0 spiro atoms. The SMILES string of the molecule is CN=C(NCc1ccc(C(=O)N2CCCCC2)cc1)N(C)Cc1cc(Cl)cn1C. The van der Waals surface area contributed by atoms with Crippen LogP contribution in [-0.2, 0) is 20.1 Å². The van der Waals surface area contributed by atoms with Gasteiger partial charge in [0, 0.05) is 58.2 Å². The first-order valence-electron chi connectivity index (χ1n) is 10.1. The molecule has 0 bridgehead atoms. The summed E-state index contributed by atoms with van der Waals surface area (Å²) in [6.45, 7) is 3.09. The number of nitrogens with zero attached hydrogens (tertiary/aromatic N) is 4. The Balaban J connectivity index is 1.55. The van der Waals surface area contributed by atoms with Gasteiger partial charge in [-0.1, -0.05) is 23.7 Å². The molecule has 1 fully saturated rings. The van der Waals surface area contributed by atoms with Crippen LogP contribution in [0.25, 0.3) is 0 Å². The predicted molar refractivity (Wildman–Crippen MR) is 118 cm³/mol. The molecular weight excluding hydrogens is 386 g/mol. The van der Waals surface area contributed by atoms with Gasteiger partial charge in [-0.25, -0.2) is 0 Å². The molecule has 1 aliphatic rings. The Morgan fingerprint density at radius 2 is 1.90 bits per heavy atom. The minimum absolute atomic E-state index is 0.140. The van der Waals surface area contributed by atoms with Crippen molar-refractivity contribution >= 4 is 23.5 Å². The molecule has 156 valence electrons. The number of aryl methyl sites for hydroxylation is 1. The molecule has 1 aliphatic heterocycles. The number of aliphatic imine (C=N–C) groups is 1. The highest BCUT2D eigenvalue weighted by Crippen LogP contribution is 2.15. The fourth-order valence-electron chi connectivity index (χ4n) is 3.65. The highest BCUT2D eigenvalue weighted by Gasteiger charge is 2.18. The number of guanidine groups is 1. The van der Waals surface area contributed by atoms with Gasteiger partial charge < -0.3 is 19.7 Å². The van der Waals surface area contributed by atoms with E-state index in [9.17, 15) is 4.79 Å². The number of rotatable bonds is 5. The Bertz CT molecular complexity index is 853. The molecule has 3 rings (SSSR count). The number of carbonyl (C=O) groups is 1. The highest BCUT2D eigenvalue weighted by atomic mass is 35.5. The molecule has 1 amide bonds. The summed E-state index contributed by atoms with van der Waals surface area (Å²) in [5.74, 6) is 0.941. The smallest absolute Gasteiger partial charge is 0.253 e. The maximum atomic E-state index is 12.6. The van der Waals surface area contributed by atoms with Crippen molar-refractivity contribution in [2.24, 2.45) is 12.0 Å². The number of nitrogens with one attached hydrogen (secondary N) is 1. The summed E-state index contributed by atoms with van der Waals surface area (Å²) in [5.41, 5.74) is 2.98. The minimum Gasteiger partial charge on any atom is -0.352 e. The van der Waals surface area contributed by atoms with E-state index in [1.54, 1.807) is 7.05 Å². The Kier molecular flexibility index (Phi) is 7.20. The lowest BCUT2D eigenvalue weighted by Crippen LogP contribution is -2.38. The average molecular weight is 416 g/mol. The maximum Gasteiger partial charge on any atom is 0.253 e. The summed E-state index contributed by atoms with van der Waals surface area (Å²) in [7, 11) is 5.76. The number of amides is 1. The minimum atomic E-state index is 0.140. The molecule has 2 aromatic rings. The largest absolute Gasteiger partial charge is 0.352 e.